The van der Waals surface area contributed by atoms with E-state index in [4.69, 9.17) is 9.47 Å². The lowest BCUT2D eigenvalue weighted by atomic mass is 9.82. The molecule has 1 amide bonds. The molecule has 5 nitrogen and oxygen atoms in total. The fraction of sp³-hybridized carbons (Fsp3) is 0.579. The second-order valence-corrected chi connectivity index (χ2v) is 7.80. The zero-order chi connectivity index (χ0) is 17.5. The van der Waals surface area contributed by atoms with Gasteiger partial charge in [0.25, 0.3) is 0 Å². The van der Waals surface area contributed by atoms with Crippen molar-refractivity contribution in [1.82, 2.24) is 4.90 Å². The Morgan fingerprint density at radius 2 is 1.92 bits per heavy atom. The van der Waals surface area contributed by atoms with Crippen molar-refractivity contribution < 1.29 is 19.1 Å². The van der Waals surface area contributed by atoms with E-state index >= 15 is 0 Å². The lowest BCUT2D eigenvalue weighted by molar-refractivity contribution is -0.0229. The van der Waals surface area contributed by atoms with E-state index in [0.717, 1.165) is 5.56 Å². The van der Waals surface area contributed by atoms with Crippen LogP contribution in [0.1, 0.15) is 56.0 Å². The summed E-state index contributed by atoms with van der Waals surface area (Å²) in [6.45, 7) is 8.63. The summed E-state index contributed by atoms with van der Waals surface area (Å²) in [4.78, 5) is 26.4. The molecular weight excluding hydrogens is 306 g/mol. The zero-order valence-electron chi connectivity index (χ0n) is 14.8. The number of ketones is 1. The summed E-state index contributed by atoms with van der Waals surface area (Å²) in [6.07, 6.45) is 1.37. The van der Waals surface area contributed by atoms with Gasteiger partial charge in [0.2, 0.25) is 0 Å². The second kappa shape index (κ2) is 5.80. The standard InChI is InChI=1S/C19H25NO4/c1-13-6-5-7-14-15(21)12-19(23-16(13)14)8-10-20(11-9-19)17(22)24-18(2,3)4/h5-7H,8-12H2,1-4H3. The number of Topliss-reactive ketones (excluding diaryl/α,β-unsaturated/α-hetero) is 1. The minimum Gasteiger partial charge on any atom is -0.486 e. The first kappa shape index (κ1) is 16.8. The third-order valence-corrected chi connectivity index (χ3v) is 4.64. The molecule has 2 aliphatic heterocycles. The fourth-order valence-electron chi connectivity index (χ4n) is 3.35. The number of likely N-dealkylation sites (tertiary alicyclic amines) is 1. The Kier molecular flexibility index (Phi) is 4.06. The Bertz CT molecular complexity index is 666. The molecule has 24 heavy (non-hydrogen) atoms. The van der Waals surface area contributed by atoms with Crippen molar-refractivity contribution in [3.8, 4) is 5.75 Å². The minimum atomic E-state index is -0.500. The zero-order valence-corrected chi connectivity index (χ0v) is 14.8. The molecule has 2 heterocycles. The molecule has 0 unspecified atom stereocenters. The number of hydrogen-bond acceptors (Lipinski definition) is 4. The number of aryl methyl sites for hydroxylation is 1. The molecule has 130 valence electrons. The number of piperidine rings is 1. The van der Waals surface area contributed by atoms with Crippen LogP contribution in [-0.4, -0.2) is 41.1 Å². The van der Waals surface area contributed by atoms with Crippen molar-refractivity contribution in [2.75, 3.05) is 13.1 Å². The first-order chi connectivity index (χ1) is 11.2. The van der Waals surface area contributed by atoms with Crippen LogP contribution in [-0.2, 0) is 4.74 Å². The predicted octanol–water partition coefficient (Wildman–Crippen LogP) is 3.73. The monoisotopic (exact) mass is 331 g/mol. The maximum absolute atomic E-state index is 12.5. The topological polar surface area (TPSA) is 55.8 Å². The van der Waals surface area contributed by atoms with E-state index in [-0.39, 0.29) is 11.9 Å². The van der Waals surface area contributed by atoms with Crippen LogP contribution in [0, 0.1) is 6.92 Å². The number of para-hydroxylation sites is 1. The Balaban J connectivity index is 1.71. The Morgan fingerprint density at radius 3 is 2.54 bits per heavy atom. The number of hydrogen-bond donors (Lipinski definition) is 0. The van der Waals surface area contributed by atoms with Gasteiger partial charge in [-0.05, 0) is 39.3 Å². The number of fused-ring (bicyclic) bond motifs is 1. The molecular formula is C19H25NO4. The first-order valence-corrected chi connectivity index (χ1v) is 8.49. The lowest BCUT2D eigenvalue weighted by Gasteiger charge is -2.44. The molecule has 5 heteroatoms. The van der Waals surface area contributed by atoms with Crippen LogP contribution in [0.2, 0.25) is 0 Å². The average Bonchev–Trinajstić information content (AvgIpc) is 2.47. The van der Waals surface area contributed by atoms with Gasteiger partial charge in [-0.3, -0.25) is 4.79 Å². The van der Waals surface area contributed by atoms with Crippen molar-refractivity contribution in [3.05, 3.63) is 29.3 Å². The number of nitrogens with zero attached hydrogens (tertiary/aromatic N) is 1. The van der Waals surface area contributed by atoms with Crippen LogP contribution in [0.4, 0.5) is 4.79 Å². The van der Waals surface area contributed by atoms with Gasteiger partial charge in [0, 0.05) is 25.9 Å². The van der Waals surface area contributed by atoms with Gasteiger partial charge in [-0.1, -0.05) is 12.1 Å². The van der Waals surface area contributed by atoms with E-state index in [1.165, 1.54) is 0 Å². The summed E-state index contributed by atoms with van der Waals surface area (Å²) in [6, 6.07) is 5.67. The molecule has 1 spiro atoms. The van der Waals surface area contributed by atoms with E-state index in [1.54, 1.807) is 4.90 Å². The molecule has 2 aliphatic rings. The number of ether oxygens (including phenoxy) is 2. The van der Waals surface area contributed by atoms with Crippen molar-refractivity contribution in [2.45, 2.75) is 58.2 Å². The number of amides is 1. The van der Waals surface area contributed by atoms with Gasteiger partial charge >= 0.3 is 6.09 Å². The Hall–Kier alpha value is -2.04. The van der Waals surface area contributed by atoms with E-state index in [1.807, 2.05) is 45.9 Å². The van der Waals surface area contributed by atoms with Crippen molar-refractivity contribution in [3.63, 3.8) is 0 Å². The predicted molar refractivity (Wildman–Crippen MR) is 90.5 cm³/mol. The fourth-order valence-corrected chi connectivity index (χ4v) is 3.35. The van der Waals surface area contributed by atoms with Crippen LogP contribution in [0.5, 0.6) is 5.75 Å². The molecule has 0 bridgehead atoms. The molecule has 0 radical (unpaired) electrons. The SMILES string of the molecule is Cc1cccc2c1OC1(CCN(C(=O)OC(C)(C)C)CC1)CC2=O. The first-order valence-electron chi connectivity index (χ1n) is 8.49. The van der Waals surface area contributed by atoms with Gasteiger partial charge in [-0.15, -0.1) is 0 Å². The highest BCUT2D eigenvalue weighted by molar-refractivity contribution is 6.00. The summed E-state index contributed by atoms with van der Waals surface area (Å²) in [5, 5.41) is 0. The van der Waals surface area contributed by atoms with Gasteiger partial charge in [-0.25, -0.2) is 4.79 Å². The molecule has 0 N–H and O–H groups in total. The number of carbonyl (C=O) groups is 2. The summed E-state index contributed by atoms with van der Waals surface area (Å²) in [5.41, 5.74) is 0.665. The van der Waals surface area contributed by atoms with Gasteiger partial charge in [0.15, 0.2) is 5.78 Å². The van der Waals surface area contributed by atoms with Crippen LogP contribution in [0.15, 0.2) is 18.2 Å². The second-order valence-electron chi connectivity index (χ2n) is 7.80. The molecule has 0 aromatic heterocycles. The van der Waals surface area contributed by atoms with Crippen molar-refractivity contribution in [1.29, 1.82) is 0 Å². The van der Waals surface area contributed by atoms with E-state index in [9.17, 15) is 9.59 Å². The van der Waals surface area contributed by atoms with Gasteiger partial charge < -0.3 is 14.4 Å². The van der Waals surface area contributed by atoms with E-state index in [2.05, 4.69) is 0 Å². The minimum absolute atomic E-state index is 0.130. The smallest absolute Gasteiger partial charge is 0.410 e. The van der Waals surface area contributed by atoms with E-state index < -0.39 is 11.2 Å². The van der Waals surface area contributed by atoms with Gasteiger partial charge in [-0.2, -0.15) is 0 Å². The molecule has 1 saturated heterocycles. The van der Waals surface area contributed by atoms with E-state index in [0.29, 0.717) is 43.7 Å². The highest BCUT2D eigenvalue weighted by Crippen LogP contribution is 2.41. The van der Waals surface area contributed by atoms with Crippen LogP contribution < -0.4 is 4.74 Å². The third-order valence-electron chi connectivity index (χ3n) is 4.64. The van der Waals surface area contributed by atoms with Gasteiger partial charge in [0.1, 0.15) is 17.0 Å². The number of carbonyl (C=O) groups excluding carboxylic acids is 2. The summed E-state index contributed by atoms with van der Waals surface area (Å²) in [7, 11) is 0. The largest absolute Gasteiger partial charge is 0.486 e. The molecule has 1 aromatic rings. The Labute approximate surface area is 142 Å². The molecule has 3 rings (SSSR count). The summed E-state index contributed by atoms with van der Waals surface area (Å²) in [5.74, 6) is 0.838. The molecule has 1 fully saturated rings. The molecule has 0 atom stereocenters. The summed E-state index contributed by atoms with van der Waals surface area (Å²) < 4.78 is 11.7. The summed E-state index contributed by atoms with van der Waals surface area (Å²) >= 11 is 0. The normalized spacial score (nSPS) is 19.7. The third kappa shape index (κ3) is 3.25. The Morgan fingerprint density at radius 1 is 1.25 bits per heavy atom. The molecule has 0 saturated carbocycles. The van der Waals surface area contributed by atoms with Crippen molar-refractivity contribution in [2.24, 2.45) is 0 Å². The molecule has 0 aliphatic carbocycles. The van der Waals surface area contributed by atoms with Gasteiger partial charge in [0.05, 0.1) is 12.0 Å². The molecule has 1 aromatic carbocycles. The maximum Gasteiger partial charge on any atom is 0.410 e. The lowest BCUT2D eigenvalue weighted by Crippen LogP contribution is -2.53. The van der Waals surface area contributed by atoms with Crippen LogP contribution in [0.25, 0.3) is 0 Å². The van der Waals surface area contributed by atoms with Crippen LogP contribution in [0.3, 0.4) is 0 Å². The average molecular weight is 331 g/mol. The van der Waals surface area contributed by atoms with Crippen molar-refractivity contribution >= 4 is 11.9 Å². The highest BCUT2D eigenvalue weighted by Gasteiger charge is 2.44. The van der Waals surface area contributed by atoms with Crippen LogP contribution >= 0.6 is 0 Å². The highest BCUT2D eigenvalue weighted by atomic mass is 16.6. The number of benzene rings is 1. The maximum atomic E-state index is 12.5. The number of rotatable bonds is 0. The quantitative estimate of drug-likeness (QED) is 0.727.